The van der Waals surface area contributed by atoms with Crippen LogP contribution in [0.4, 0.5) is 0 Å². The zero-order valence-corrected chi connectivity index (χ0v) is 14.1. The Balaban J connectivity index is 1.66. The van der Waals surface area contributed by atoms with Crippen molar-refractivity contribution < 1.29 is 19.2 Å². The molecule has 7 nitrogen and oxygen atoms in total. The molecule has 2 aromatic carbocycles. The maximum absolute atomic E-state index is 12.4. The zero-order valence-electron chi connectivity index (χ0n) is 14.1. The fourth-order valence-corrected chi connectivity index (χ4v) is 2.78. The van der Waals surface area contributed by atoms with E-state index in [0.717, 1.165) is 10.5 Å². The predicted octanol–water partition coefficient (Wildman–Crippen LogP) is 1.04. The molecule has 1 heterocycles. The molecular weight excluding hydrogens is 334 g/mol. The normalized spacial score (nSPS) is 12.9. The first-order valence-corrected chi connectivity index (χ1v) is 7.96. The molecule has 1 aliphatic rings. The lowest BCUT2D eigenvalue weighted by Crippen LogP contribution is -2.40. The molecule has 4 amide bonds. The van der Waals surface area contributed by atoms with Gasteiger partial charge in [0.25, 0.3) is 11.8 Å². The summed E-state index contributed by atoms with van der Waals surface area (Å²) < 4.78 is 0. The first kappa shape index (κ1) is 17.3. The van der Waals surface area contributed by atoms with Gasteiger partial charge in [0.05, 0.1) is 11.1 Å². The molecule has 0 atom stereocenters. The number of hydrogen-bond donors (Lipinski definition) is 1. The van der Waals surface area contributed by atoms with Crippen molar-refractivity contribution in [2.24, 2.45) is 5.73 Å². The third kappa shape index (κ3) is 3.19. The number of likely N-dealkylation sites (N-methyl/N-ethyl adjacent to an activating group) is 1. The van der Waals surface area contributed by atoms with Crippen LogP contribution in [0.1, 0.15) is 36.6 Å². The molecule has 3 rings (SSSR count). The van der Waals surface area contributed by atoms with Gasteiger partial charge in [-0.25, -0.2) is 0 Å². The maximum Gasteiger partial charge on any atom is 0.262 e. The minimum Gasteiger partial charge on any atom is -0.366 e. The number of hydrogen-bond acceptors (Lipinski definition) is 4. The van der Waals surface area contributed by atoms with Gasteiger partial charge in [0, 0.05) is 19.2 Å². The van der Waals surface area contributed by atoms with Crippen molar-refractivity contribution in [1.29, 1.82) is 0 Å². The number of carbonyl (C=O) groups is 4. The van der Waals surface area contributed by atoms with Crippen molar-refractivity contribution in [3.63, 3.8) is 0 Å². The van der Waals surface area contributed by atoms with Gasteiger partial charge in [-0.15, -0.1) is 0 Å². The molecule has 0 spiro atoms. The molecule has 0 unspecified atom stereocenters. The van der Waals surface area contributed by atoms with Crippen LogP contribution in [0.25, 0.3) is 0 Å². The number of primary amides is 1. The number of benzene rings is 2. The third-order valence-corrected chi connectivity index (χ3v) is 4.26. The van der Waals surface area contributed by atoms with Crippen LogP contribution in [0.15, 0.2) is 48.5 Å². The Kier molecular flexibility index (Phi) is 4.53. The predicted molar refractivity (Wildman–Crippen MR) is 93.2 cm³/mol. The molecule has 26 heavy (non-hydrogen) atoms. The fourth-order valence-electron chi connectivity index (χ4n) is 2.78. The number of amides is 4. The lowest BCUT2D eigenvalue weighted by Gasteiger charge is -2.21. The third-order valence-electron chi connectivity index (χ3n) is 4.26. The lowest BCUT2D eigenvalue weighted by molar-refractivity contribution is -0.130. The molecule has 2 aromatic rings. The summed E-state index contributed by atoms with van der Waals surface area (Å²) in [6, 6.07) is 13.1. The maximum atomic E-state index is 12.4. The van der Waals surface area contributed by atoms with E-state index in [1.54, 1.807) is 55.6 Å². The highest BCUT2D eigenvalue weighted by molar-refractivity contribution is 6.22. The largest absolute Gasteiger partial charge is 0.366 e. The van der Waals surface area contributed by atoms with Crippen LogP contribution in [-0.4, -0.2) is 47.0 Å². The monoisotopic (exact) mass is 351 g/mol. The summed E-state index contributed by atoms with van der Waals surface area (Å²) in [4.78, 5) is 50.5. The van der Waals surface area contributed by atoms with Crippen LogP contribution in [0.3, 0.4) is 0 Å². The van der Waals surface area contributed by atoms with E-state index >= 15 is 0 Å². The summed E-state index contributed by atoms with van der Waals surface area (Å²) >= 11 is 0. The van der Waals surface area contributed by atoms with Gasteiger partial charge in [0.1, 0.15) is 6.54 Å². The average molecular weight is 351 g/mol. The Morgan fingerprint density at radius 2 is 1.50 bits per heavy atom. The highest BCUT2D eigenvalue weighted by atomic mass is 16.2. The Labute approximate surface area is 150 Å². The molecule has 7 heteroatoms. The number of nitrogens with zero attached hydrogens (tertiary/aromatic N) is 2. The number of rotatable bonds is 5. The van der Waals surface area contributed by atoms with Crippen molar-refractivity contribution >= 4 is 23.6 Å². The Morgan fingerprint density at radius 1 is 0.962 bits per heavy atom. The standard InChI is InChI=1S/C19H17N3O4/c1-21(10-12-6-8-13(9-7-12)17(20)24)16(23)11-22-18(25)14-4-2-3-5-15(14)19(22)26/h2-9H,10-11H2,1H3,(H2,20,24). The molecule has 1 aliphatic heterocycles. The van der Waals surface area contributed by atoms with Crippen LogP contribution >= 0.6 is 0 Å². The molecule has 0 saturated heterocycles. The minimum absolute atomic E-state index is 0.279. The minimum atomic E-state index is -0.522. The van der Waals surface area contributed by atoms with E-state index in [9.17, 15) is 19.2 Å². The lowest BCUT2D eigenvalue weighted by atomic mass is 10.1. The molecule has 132 valence electrons. The average Bonchev–Trinajstić information content (AvgIpc) is 2.87. The smallest absolute Gasteiger partial charge is 0.262 e. The molecular formula is C19H17N3O4. The molecule has 0 aromatic heterocycles. The van der Waals surface area contributed by atoms with Crippen LogP contribution in [0.2, 0.25) is 0 Å². The van der Waals surface area contributed by atoms with Gasteiger partial charge in [-0.3, -0.25) is 24.1 Å². The van der Waals surface area contributed by atoms with Gasteiger partial charge < -0.3 is 10.6 Å². The summed E-state index contributed by atoms with van der Waals surface area (Å²) in [5, 5.41) is 0. The van der Waals surface area contributed by atoms with Crippen molar-refractivity contribution in [3.8, 4) is 0 Å². The summed E-state index contributed by atoms with van der Waals surface area (Å²) in [6.45, 7) is -0.0384. The second kappa shape index (κ2) is 6.79. The van der Waals surface area contributed by atoms with Crippen molar-refractivity contribution in [2.75, 3.05) is 13.6 Å². The quantitative estimate of drug-likeness (QED) is 0.813. The Hall–Kier alpha value is -3.48. The highest BCUT2D eigenvalue weighted by Gasteiger charge is 2.36. The first-order valence-electron chi connectivity index (χ1n) is 7.96. The molecule has 0 aliphatic carbocycles. The second-order valence-corrected chi connectivity index (χ2v) is 6.05. The van der Waals surface area contributed by atoms with Crippen LogP contribution < -0.4 is 5.73 Å². The molecule has 0 bridgehead atoms. The van der Waals surface area contributed by atoms with Gasteiger partial charge in [-0.2, -0.15) is 0 Å². The summed E-state index contributed by atoms with van der Waals surface area (Å²) in [5.74, 6) is -1.80. The summed E-state index contributed by atoms with van der Waals surface area (Å²) in [5.41, 5.74) is 7.01. The molecule has 0 radical (unpaired) electrons. The van der Waals surface area contributed by atoms with E-state index in [4.69, 9.17) is 5.73 Å². The molecule has 0 saturated carbocycles. The number of fused-ring (bicyclic) bond motifs is 1. The fraction of sp³-hybridized carbons (Fsp3) is 0.158. The SMILES string of the molecule is CN(Cc1ccc(C(N)=O)cc1)C(=O)CN1C(=O)c2ccccc2C1=O. The first-order chi connectivity index (χ1) is 12.4. The van der Waals surface area contributed by atoms with Gasteiger partial charge in [0.15, 0.2) is 0 Å². The van der Waals surface area contributed by atoms with Crippen LogP contribution in [0.5, 0.6) is 0 Å². The van der Waals surface area contributed by atoms with Gasteiger partial charge in [-0.1, -0.05) is 24.3 Å². The van der Waals surface area contributed by atoms with Crippen LogP contribution in [0, 0.1) is 0 Å². The van der Waals surface area contributed by atoms with Gasteiger partial charge in [0.2, 0.25) is 11.8 Å². The van der Waals surface area contributed by atoms with Gasteiger partial charge in [-0.05, 0) is 29.8 Å². The number of imide groups is 1. The van der Waals surface area contributed by atoms with E-state index in [2.05, 4.69) is 0 Å². The number of nitrogens with two attached hydrogens (primary N) is 1. The molecule has 0 fully saturated rings. The van der Waals surface area contributed by atoms with E-state index in [-0.39, 0.29) is 19.0 Å². The van der Waals surface area contributed by atoms with Gasteiger partial charge >= 0.3 is 0 Å². The summed E-state index contributed by atoms with van der Waals surface area (Å²) in [7, 11) is 1.59. The number of carbonyl (C=O) groups excluding carboxylic acids is 4. The Morgan fingerprint density at radius 3 is 2.00 bits per heavy atom. The molecule has 2 N–H and O–H groups in total. The Bertz CT molecular complexity index is 870. The van der Waals surface area contributed by atoms with Crippen molar-refractivity contribution in [3.05, 3.63) is 70.8 Å². The summed E-state index contributed by atoms with van der Waals surface area (Å²) in [6.07, 6.45) is 0. The van der Waals surface area contributed by atoms with E-state index in [1.165, 1.54) is 4.90 Å². The van der Waals surface area contributed by atoms with Crippen LogP contribution in [-0.2, 0) is 11.3 Å². The van der Waals surface area contributed by atoms with E-state index in [0.29, 0.717) is 16.7 Å². The zero-order chi connectivity index (χ0) is 18.8. The second-order valence-electron chi connectivity index (χ2n) is 6.05. The van der Waals surface area contributed by atoms with E-state index in [1.807, 2.05) is 0 Å². The topological polar surface area (TPSA) is 101 Å². The van der Waals surface area contributed by atoms with Crippen molar-refractivity contribution in [1.82, 2.24) is 9.80 Å². The van der Waals surface area contributed by atoms with Crippen molar-refractivity contribution in [2.45, 2.75) is 6.54 Å². The van der Waals surface area contributed by atoms with E-state index < -0.39 is 17.7 Å². The highest BCUT2D eigenvalue weighted by Crippen LogP contribution is 2.22.